The molecule has 4 nitrogen and oxygen atoms in total. The molecule has 0 amide bonds. The van der Waals surface area contributed by atoms with Crippen LogP contribution in [0.2, 0.25) is 0 Å². The molecule has 0 radical (unpaired) electrons. The van der Waals surface area contributed by atoms with Gasteiger partial charge in [0.25, 0.3) is 0 Å². The molecule has 1 fully saturated rings. The number of nitrogens with zero attached hydrogens (tertiary/aromatic N) is 1. The monoisotopic (exact) mass is 235 g/mol. The van der Waals surface area contributed by atoms with Crippen LogP contribution in [0.3, 0.4) is 0 Å². The summed E-state index contributed by atoms with van der Waals surface area (Å²) in [5.74, 6) is 0. The van der Waals surface area contributed by atoms with Crippen molar-refractivity contribution in [2.24, 2.45) is 0 Å². The zero-order valence-electron chi connectivity index (χ0n) is 10.3. The number of nitrogens with two attached hydrogens (primary N) is 1. The molecular formula is C13H21N3O. The number of β-amino-alcohol motifs (C(OH)–C–C–N with tert-alkyl or cyclic N) is 1. The van der Waals surface area contributed by atoms with E-state index in [4.69, 9.17) is 5.73 Å². The van der Waals surface area contributed by atoms with Crippen molar-refractivity contribution >= 4 is 5.69 Å². The maximum Gasteiger partial charge on any atom is 0.0679 e. The van der Waals surface area contributed by atoms with Gasteiger partial charge in [-0.25, -0.2) is 0 Å². The highest BCUT2D eigenvalue weighted by atomic mass is 16.3. The Labute approximate surface area is 102 Å². The average Bonchev–Trinajstić information content (AvgIpc) is 2.73. The molecule has 1 heterocycles. The second-order valence-corrected chi connectivity index (χ2v) is 4.71. The highest BCUT2D eigenvalue weighted by Gasteiger charge is 2.22. The number of aliphatic hydroxyl groups excluding tert-OH is 1. The van der Waals surface area contributed by atoms with Crippen LogP contribution in [0.15, 0.2) is 24.3 Å². The Bertz CT molecular complexity index is 352. The molecule has 0 bridgehead atoms. The van der Waals surface area contributed by atoms with Gasteiger partial charge < -0.3 is 16.2 Å². The van der Waals surface area contributed by atoms with Gasteiger partial charge in [0.05, 0.1) is 6.10 Å². The van der Waals surface area contributed by atoms with Gasteiger partial charge in [-0.3, -0.25) is 4.90 Å². The summed E-state index contributed by atoms with van der Waals surface area (Å²) in [6.45, 7) is 2.69. The molecule has 0 aliphatic carbocycles. The molecule has 0 aromatic heterocycles. The number of hydrogen-bond acceptors (Lipinski definition) is 4. The topological polar surface area (TPSA) is 61.5 Å². The van der Waals surface area contributed by atoms with Crippen molar-refractivity contribution in [3.63, 3.8) is 0 Å². The highest BCUT2D eigenvalue weighted by molar-refractivity contribution is 5.40. The van der Waals surface area contributed by atoms with E-state index in [1.165, 1.54) is 5.56 Å². The Kier molecular flexibility index (Phi) is 3.99. The fraction of sp³-hybridized carbons (Fsp3) is 0.538. The minimum Gasteiger partial charge on any atom is -0.399 e. The molecule has 1 aromatic rings. The molecule has 1 aliphatic heterocycles. The van der Waals surface area contributed by atoms with Crippen molar-refractivity contribution in [2.75, 3.05) is 32.4 Å². The van der Waals surface area contributed by atoms with Crippen molar-refractivity contribution < 1.29 is 5.11 Å². The van der Waals surface area contributed by atoms with Gasteiger partial charge in [0.1, 0.15) is 0 Å². The van der Waals surface area contributed by atoms with Crippen LogP contribution in [0.25, 0.3) is 0 Å². The maximum atomic E-state index is 9.51. The SMILES string of the molecule is CN[C@H](CN1CCC(O)C1)c1ccc(N)cc1. The lowest BCUT2D eigenvalue weighted by molar-refractivity contribution is 0.173. The first kappa shape index (κ1) is 12.4. The summed E-state index contributed by atoms with van der Waals surface area (Å²) >= 11 is 0. The standard InChI is InChI=1S/C13H21N3O/c1-15-13(9-16-7-6-12(17)8-16)10-2-4-11(14)5-3-10/h2-5,12-13,15,17H,6-9,14H2,1H3/t12?,13-/m1/s1. The predicted octanol–water partition coefficient (Wildman–Crippen LogP) is 0.596. The van der Waals surface area contributed by atoms with E-state index in [9.17, 15) is 5.11 Å². The lowest BCUT2D eigenvalue weighted by Gasteiger charge is -2.23. The van der Waals surface area contributed by atoms with Crippen LogP contribution < -0.4 is 11.1 Å². The van der Waals surface area contributed by atoms with Gasteiger partial charge in [0.15, 0.2) is 0 Å². The normalized spacial score (nSPS) is 22.8. The van der Waals surface area contributed by atoms with Crippen LogP contribution in [-0.4, -0.2) is 42.8 Å². The third-order valence-electron chi connectivity index (χ3n) is 3.38. The molecule has 1 aromatic carbocycles. The smallest absolute Gasteiger partial charge is 0.0679 e. The molecule has 1 saturated heterocycles. The number of nitrogen functional groups attached to an aromatic ring is 1. The second kappa shape index (κ2) is 5.49. The van der Waals surface area contributed by atoms with Gasteiger partial charge in [-0.1, -0.05) is 12.1 Å². The van der Waals surface area contributed by atoms with E-state index >= 15 is 0 Å². The third-order valence-corrected chi connectivity index (χ3v) is 3.38. The summed E-state index contributed by atoms with van der Waals surface area (Å²) in [7, 11) is 1.97. The molecule has 1 aliphatic rings. The van der Waals surface area contributed by atoms with Crippen molar-refractivity contribution in [1.29, 1.82) is 0 Å². The molecule has 94 valence electrons. The van der Waals surface area contributed by atoms with Crippen LogP contribution in [0.1, 0.15) is 18.0 Å². The predicted molar refractivity (Wildman–Crippen MR) is 69.7 cm³/mol. The number of hydrogen-bond donors (Lipinski definition) is 3. The molecule has 2 rings (SSSR count). The quantitative estimate of drug-likeness (QED) is 0.669. The van der Waals surface area contributed by atoms with Crippen LogP contribution in [-0.2, 0) is 0 Å². The van der Waals surface area contributed by atoms with Crippen molar-refractivity contribution in [3.05, 3.63) is 29.8 Å². The Morgan fingerprint density at radius 1 is 1.47 bits per heavy atom. The summed E-state index contributed by atoms with van der Waals surface area (Å²) in [5, 5.41) is 12.8. The van der Waals surface area contributed by atoms with E-state index in [0.29, 0.717) is 6.04 Å². The zero-order chi connectivity index (χ0) is 12.3. The minimum atomic E-state index is -0.154. The molecule has 1 unspecified atom stereocenters. The van der Waals surface area contributed by atoms with Crippen LogP contribution >= 0.6 is 0 Å². The van der Waals surface area contributed by atoms with Crippen LogP contribution in [0, 0.1) is 0 Å². The first-order valence-corrected chi connectivity index (χ1v) is 6.12. The molecule has 0 saturated carbocycles. The number of likely N-dealkylation sites (N-methyl/N-ethyl adjacent to an activating group) is 1. The lowest BCUT2D eigenvalue weighted by atomic mass is 10.1. The Morgan fingerprint density at radius 3 is 2.71 bits per heavy atom. The van der Waals surface area contributed by atoms with E-state index in [1.807, 2.05) is 19.2 Å². The zero-order valence-corrected chi connectivity index (χ0v) is 10.3. The Balaban J connectivity index is 1.98. The van der Waals surface area contributed by atoms with E-state index in [1.54, 1.807) is 0 Å². The fourth-order valence-corrected chi connectivity index (χ4v) is 2.33. The molecule has 17 heavy (non-hydrogen) atoms. The summed E-state index contributed by atoms with van der Waals surface area (Å²) < 4.78 is 0. The maximum absolute atomic E-state index is 9.51. The Morgan fingerprint density at radius 2 is 2.18 bits per heavy atom. The van der Waals surface area contributed by atoms with Crippen LogP contribution in [0.5, 0.6) is 0 Å². The number of benzene rings is 1. The highest BCUT2D eigenvalue weighted by Crippen LogP contribution is 2.18. The van der Waals surface area contributed by atoms with Crippen molar-refractivity contribution in [3.8, 4) is 0 Å². The number of nitrogens with one attached hydrogen (secondary N) is 1. The number of rotatable bonds is 4. The summed E-state index contributed by atoms with van der Waals surface area (Å²) in [6, 6.07) is 8.27. The summed E-state index contributed by atoms with van der Waals surface area (Å²) in [6.07, 6.45) is 0.733. The van der Waals surface area contributed by atoms with E-state index < -0.39 is 0 Å². The fourth-order valence-electron chi connectivity index (χ4n) is 2.33. The molecular weight excluding hydrogens is 214 g/mol. The lowest BCUT2D eigenvalue weighted by Crippen LogP contribution is -2.33. The average molecular weight is 235 g/mol. The second-order valence-electron chi connectivity index (χ2n) is 4.71. The minimum absolute atomic E-state index is 0.154. The Hall–Kier alpha value is -1.10. The largest absolute Gasteiger partial charge is 0.399 e. The van der Waals surface area contributed by atoms with Crippen molar-refractivity contribution in [1.82, 2.24) is 10.2 Å². The summed E-state index contributed by atoms with van der Waals surface area (Å²) in [4.78, 5) is 2.29. The number of anilines is 1. The van der Waals surface area contributed by atoms with Gasteiger partial charge in [-0.2, -0.15) is 0 Å². The third kappa shape index (κ3) is 3.19. The van der Waals surface area contributed by atoms with E-state index in [2.05, 4.69) is 22.3 Å². The van der Waals surface area contributed by atoms with Crippen LogP contribution in [0.4, 0.5) is 5.69 Å². The van der Waals surface area contributed by atoms with Gasteiger partial charge in [0.2, 0.25) is 0 Å². The number of likely N-dealkylation sites (tertiary alicyclic amines) is 1. The first-order valence-electron chi connectivity index (χ1n) is 6.12. The molecule has 4 N–H and O–H groups in total. The van der Waals surface area contributed by atoms with E-state index in [0.717, 1.165) is 31.7 Å². The van der Waals surface area contributed by atoms with Gasteiger partial charge in [0, 0.05) is 31.4 Å². The van der Waals surface area contributed by atoms with Gasteiger partial charge in [-0.15, -0.1) is 0 Å². The molecule has 2 atom stereocenters. The first-order chi connectivity index (χ1) is 8.19. The van der Waals surface area contributed by atoms with Gasteiger partial charge in [-0.05, 0) is 31.2 Å². The molecule has 0 spiro atoms. The van der Waals surface area contributed by atoms with Gasteiger partial charge >= 0.3 is 0 Å². The van der Waals surface area contributed by atoms with E-state index in [-0.39, 0.29) is 6.10 Å². The molecule has 4 heteroatoms. The summed E-state index contributed by atoms with van der Waals surface area (Å²) in [5.41, 5.74) is 7.72. The number of aliphatic hydroxyl groups is 1. The van der Waals surface area contributed by atoms with Crippen molar-refractivity contribution in [2.45, 2.75) is 18.6 Å².